The number of likely N-dealkylation sites (tertiary alicyclic amines) is 1. The highest BCUT2D eigenvalue weighted by atomic mass is 16.5. The van der Waals surface area contributed by atoms with E-state index >= 15 is 0 Å². The summed E-state index contributed by atoms with van der Waals surface area (Å²) in [6.07, 6.45) is 5.96. The fourth-order valence-corrected chi connectivity index (χ4v) is 3.00. The van der Waals surface area contributed by atoms with Gasteiger partial charge in [-0.15, -0.1) is 0 Å². The summed E-state index contributed by atoms with van der Waals surface area (Å²) < 4.78 is 5.27. The molecule has 1 aromatic heterocycles. The van der Waals surface area contributed by atoms with Gasteiger partial charge in [-0.25, -0.2) is 4.79 Å². The van der Waals surface area contributed by atoms with Gasteiger partial charge in [0, 0.05) is 26.6 Å². The largest absolute Gasteiger partial charge is 0.337 e. The number of urea groups is 1. The third-order valence-corrected chi connectivity index (χ3v) is 4.58. The first-order valence-electron chi connectivity index (χ1n) is 9.52. The van der Waals surface area contributed by atoms with Crippen LogP contribution in [0.1, 0.15) is 64.2 Å². The van der Waals surface area contributed by atoms with E-state index in [1.807, 2.05) is 14.0 Å². The van der Waals surface area contributed by atoms with Crippen molar-refractivity contribution in [1.29, 1.82) is 0 Å². The summed E-state index contributed by atoms with van der Waals surface area (Å²) in [5.41, 5.74) is 0. The minimum Gasteiger partial charge on any atom is -0.337 e. The Hall–Kier alpha value is -1.63. The lowest BCUT2D eigenvalue weighted by atomic mass is 10.1. The molecule has 2 rings (SSSR count). The number of nitrogens with zero attached hydrogens (tertiary/aromatic N) is 4. The lowest BCUT2D eigenvalue weighted by molar-refractivity contribution is 0.190. The summed E-state index contributed by atoms with van der Waals surface area (Å²) >= 11 is 0. The summed E-state index contributed by atoms with van der Waals surface area (Å²) in [6, 6.07) is -0.396. The van der Waals surface area contributed by atoms with Crippen LogP contribution in [-0.4, -0.2) is 59.2 Å². The molecule has 142 valence electrons. The second-order valence-corrected chi connectivity index (χ2v) is 7.50. The average Bonchev–Trinajstić information content (AvgIpc) is 2.86. The molecule has 0 spiro atoms. The van der Waals surface area contributed by atoms with E-state index in [9.17, 15) is 4.79 Å². The number of nitrogens with one attached hydrogen (secondary N) is 1. The summed E-state index contributed by atoms with van der Waals surface area (Å²) in [7, 11) is 1.83. The van der Waals surface area contributed by atoms with Crippen molar-refractivity contribution in [3.05, 3.63) is 11.7 Å². The molecule has 1 aliphatic rings. The van der Waals surface area contributed by atoms with Crippen molar-refractivity contribution >= 4 is 6.03 Å². The Labute approximate surface area is 151 Å². The van der Waals surface area contributed by atoms with Gasteiger partial charge >= 0.3 is 6.03 Å². The first kappa shape index (κ1) is 19.7. The van der Waals surface area contributed by atoms with Crippen molar-refractivity contribution in [1.82, 2.24) is 25.3 Å². The average molecular weight is 351 g/mol. The highest BCUT2D eigenvalue weighted by Crippen LogP contribution is 2.12. The molecule has 1 aromatic rings. The summed E-state index contributed by atoms with van der Waals surface area (Å²) in [5, 5.41) is 6.91. The summed E-state index contributed by atoms with van der Waals surface area (Å²) in [6.45, 7) is 10.0. The first-order valence-corrected chi connectivity index (χ1v) is 9.52. The number of likely N-dealkylation sites (N-methyl/N-ethyl adjacent to an activating group) is 1. The van der Waals surface area contributed by atoms with Crippen LogP contribution in [0.3, 0.4) is 0 Å². The Bertz CT molecular complexity index is 523. The molecule has 0 radical (unpaired) electrons. The second-order valence-electron chi connectivity index (χ2n) is 7.50. The van der Waals surface area contributed by atoms with Crippen LogP contribution < -0.4 is 5.32 Å². The minimum atomic E-state index is -0.290. The zero-order valence-corrected chi connectivity index (χ0v) is 16.1. The lowest BCUT2D eigenvalue weighted by Crippen LogP contribution is -2.42. The van der Waals surface area contributed by atoms with Crippen LogP contribution in [-0.2, 0) is 6.42 Å². The molecule has 0 unspecified atom stereocenters. The zero-order chi connectivity index (χ0) is 18.2. The highest BCUT2D eigenvalue weighted by Gasteiger charge is 2.19. The van der Waals surface area contributed by atoms with Gasteiger partial charge in [0.1, 0.15) is 6.04 Å². The van der Waals surface area contributed by atoms with Crippen molar-refractivity contribution in [2.24, 2.45) is 5.92 Å². The molecule has 1 aliphatic heterocycles. The Balaban J connectivity index is 1.76. The first-order chi connectivity index (χ1) is 12.0. The Morgan fingerprint density at radius 1 is 1.24 bits per heavy atom. The van der Waals surface area contributed by atoms with E-state index in [-0.39, 0.29) is 12.1 Å². The minimum absolute atomic E-state index is 0.106. The van der Waals surface area contributed by atoms with Crippen LogP contribution in [0.4, 0.5) is 4.79 Å². The van der Waals surface area contributed by atoms with Crippen molar-refractivity contribution in [3.63, 3.8) is 0 Å². The smallest absolute Gasteiger partial charge is 0.317 e. The normalized spacial score (nSPS) is 17.3. The van der Waals surface area contributed by atoms with Crippen molar-refractivity contribution < 1.29 is 9.32 Å². The van der Waals surface area contributed by atoms with Gasteiger partial charge in [-0.05, 0) is 38.8 Å². The van der Waals surface area contributed by atoms with Crippen LogP contribution >= 0.6 is 0 Å². The predicted molar refractivity (Wildman–Crippen MR) is 97.3 cm³/mol. The molecule has 1 fully saturated rings. The van der Waals surface area contributed by atoms with Crippen molar-refractivity contribution in [2.75, 3.05) is 33.2 Å². The number of rotatable bonds is 7. The van der Waals surface area contributed by atoms with Crippen LogP contribution in [0, 0.1) is 5.92 Å². The molecule has 0 bridgehead atoms. The number of hydrogen-bond donors (Lipinski definition) is 1. The third kappa shape index (κ3) is 6.65. The fraction of sp³-hybridized carbons (Fsp3) is 0.833. The fourth-order valence-electron chi connectivity index (χ4n) is 3.00. The van der Waals surface area contributed by atoms with Crippen LogP contribution in [0.25, 0.3) is 0 Å². The van der Waals surface area contributed by atoms with Gasteiger partial charge in [-0.1, -0.05) is 31.8 Å². The van der Waals surface area contributed by atoms with Crippen LogP contribution in [0.2, 0.25) is 0 Å². The molecule has 0 saturated carbocycles. The zero-order valence-electron chi connectivity index (χ0n) is 16.1. The van der Waals surface area contributed by atoms with Gasteiger partial charge in [-0.3, -0.25) is 0 Å². The monoisotopic (exact) mass is 351 g/mol. The van der Waals surface area contributed by atoms with Gasteiger partial charge in [0.2, 0.25) is 5.89 Å². The SMILES string of the molecule is CC(C)Cc1noc([C@H](C)NC(=O)N(C)CCN2CCCCCC2)n1. The Morgan fingerprint density at radius 3 is 2.56 bits per heavy atom. The molecular formula is C18H33N5O2. The third-order valence-electron chi connectivity index (χ3n) is 4.58. The van der Waals surface area contributed by atoms with Crippen molar-refractivity contribution in [3.8, 4) is 0 Å². The molecule has 7 nitrogen and oxygen atoms in total. The maximum absolute atomic E-state index is 12.4. The standard InChI is InChI=1S/C18H33N5O2/c1-14(2)13-16-20-17(25-21-16)15(3)19-18(24)22(4)11-12-23-9-7-5-6-8-10-23/h14-15H,5-13H2,1-4H3,(H,19,24)/t15-/m0/s1. The van der Waals surface area contributed by atoms with E-state index < -0.39 is 0 Å². The molecule has 1 atom stereocenters. The van der Waals surface area contributed by atoms with Crippen molar-refractivity contribution in [2.45, 2.75) is 58.9 Å². The molecule has 0 aliphatic carbocycles. The maximum Gasteiger partial charge on any atom is 0.317 e. The highest BCUT2D eigenvalue weighted by molar-refractivity contribution is 5.74. The number of amides is 2. The number of carbonyl (C=O) groups excluding carboxylic acids is 1. The molecule has 2 amide bonds. The Kier molecular flexibility index (Phi) is 7.68. The summed E-state index contributed by atoms with van der Waals surface area (Å²) in [4.78, 5) is 20.9. The summed E-state index contributed by atoms with van der Waals surface area (Å²) in [5.74, 6) is 1.63. The molecule has 25 heavy (non-hydrogen) atoms. The van der Waals surface area contributed by atoms with Gasteiger partial charge in [0.15, 0.2) is 5.82 Å². The van der Waals surface area contributed by atoms with Gasteiger partial charge < -0.3 is 19.6 Å². The van der Waals surface area contributed by atoms with E-state index in [1.54, 1.807) is 4.90 Å². The number of aromatic nitrogens is 2. The topological polar surface area (TPSA) is 74.5 Å². The molecule has 1 saturated heterocycles. The molecular weight excluding hydrogens is 318 g/mol. The van der Waals surface area contributed by atoms with E-state index in [4.69, 9.17) is 4.52 Å². The lowest BCUT2D eigenvalue weighted by Gasteiger charge is -2.25. The molecule has 7 heteroatoms. The molecule has 2 heterocycles. The van der Waals surface area contributed by atoms with Gasteiger partial charge in [0.05, 0.1) is 0 Å². The number of hydrogen-bond acceptors (Lipinski definition) is 5. The van der Waals surface area contributed by atoms with E-state index in [2.05, 4.69) is 34.2 Å². The predicted octanol–water partition coefficient (Wildman–Crippen LogP) is 2.85. The quantitative estimate of drug-likeness (QED) is 0.817. The second kappa shape index (κ2) is 9.75. The Morgan fingerprint density at radius 2 is 1.92 bits per heavy atom. The maximum atomic E-state index is 12.4. The van der Waals surface area contributed by atoms with E-state index in [0.717, 1.165) is 32.6 Å². The molecule has 1 N–H and O–H groups in total. The van der Waals surface area contributed by atoms with E-state index in [1.165, 1.54) is 25.7 Å². The molecule has 0 aromatic carbocycles. The number of carbonyl (C=O) groups is 1. The van der Waals surface area contributed by atoms with Gasteiger partial charge in [-0.2, -0.15) is 4.98 Å². The van der Waals surface area contributed by atoms with Gasteiger partial charge in [0.25, 0.3) is 0 Å². The van der Waals surface area contributed by atoms with Crippen LogP contribution in [0.15, 0.2) is 4.52 Å². The van der Waals surface area contributed by atoms with Crippen LogP contribution in [0.5, 0.6) is 0 Å². The van der Waals surface area contributed by atoms with E-state index in [0.29, 0.717) is 17.6 Å².